The van der Waals surface area contributed by atoms with Crippen LogP contribution in [0.2, 0.25) is 0 Å². The van der Waals surface area contributed by atoms with Gasteiger partial charge in [-0.05, 0) is 20.3 Å². The molecule has 15 heavy (non-hydrogen) atoms. The second-order valence-electron chi connectivity index (χ2n) is 4.27. The summed E-state index contributed by atoms with van der Waals surface area (Å²) in [5, 5.41) is 0. The smallest absolute Gasteiger partial charge is 0.214 e. The third-order valence-electron chi connectivity index (χ3n) is 3.43. The summed E-state index contributed by atoms with van der Waals surface area (Å²) in [4.78, 5) is 1.54. The summed E-state index contributed by atoms with van der Waals surface area (Å²) in [6, 6.07) is 0.650. The first-order valence-electron chi connectivity index (χ1n) is 5.83. The number of nitrogens with zero attached hydrogens (tertiary/aromatic N) is 1. The van der Waals surface area contributed by atoms with Gasteiger partial charge in [0.2, 0.25) is 10.0 Å². The molecule has 1 saturated heterocycles. The maximum Gasteiger partial charge on any atom is 0.214 e. The highest BCUT2D eigenvalue weighted by Crippen LogP contribution is 2.01. The Balaban J connectivity index is 2.49. The van der Waals surface area contributed by atoms with E-state index in [9.17, 15) is 8.42 Å². The Labute approximate surface area is 93.3 Å². The average Bonchev–Trinajstić information content (AvgIpc) is 2.28. The Morgan fingerprint density at radius 3 is 2.20 bits per heavy atom. The normalized spacial score (nSPS) is 22.9. The molecular weight excluding hydrogens is 212 g/mol. The van der Waals surface area contributed by atoms with E-state index < -0.39 is 10.0 Å². The van der Waals surface area contributed by atoms with Crippen LogP contribution in [0.1, 0.15) is 27.2 Å². The third-order valence-corrected chi connectivity index (χ3v) is 5.31. The van der Waals surface area contributed by atoms with E-state index in [0.29, 0.717) is 19.1 Å². The number of hydrogen-bond acceptors (Lipinski definition) is 2. The molecule has 4 nitrogen and oxygen atoms in total. The molecule has 1 aliphatic rings. The number of rotatable bonds is 4. The summed E-state index contributed by atoms with van der Waals surface area (Å²) >= 11 is 0. The first kappa shape index (κ1) is 12.9. The molecular formula is C10H23N2O2S+. The van der Waals surface area contributed by atoms with Crippen LogP contribution in [0.15, 0.2) is 0 Å². The lowest BCUT2D eigenvalue weighted by molar-refractivity contribution is -0.927. The highest BCUT2D eigenvalue weighted by atomic mass is 32.2. The predicted molar refractivity (Wildman–Crippen MR) is 61.5 cm³/mol. The van der Waals surface area contributed by atoms with Gasteiger partial charge in [0.25, 0.3) is 0 Å². The minimum Gasteiger partial charge on any atom is -0.331 e. The van der Waals surface area contributed by atoms with Crippen molar-refractivity contribution in [1.82, 2.24) is 4.31 Å². The quantitative estimate of drug-likeness (QED) is 0.702. The van der Waals surface area contributed by atoms with Crippen LogP contribution in [-0.4, -0.2) is 50.7 Å². The summed E-state index contributed by atoms with van der Waals surface area (Å²) < 4.78 is 24.9. The lowest BCUT2D eigenvalue weighted by Gasteiger charge is -2.34. The van der Waals surface area contributed by atoms with Crippen molar-refractivity contribution in [2.75, 3.05) is 31.9 Å². The number of quaternary nitrogens is 1. The fraction of sp³-hybridized carbons (Fsp3) is 1.00. The lowest BCUT2D eigenvalue weighted by atomic mass is 10.2. The van der Waals surface area contributed by atoms with Crippen LogP contribution in [0.25, 0.3) is 0 Å². The van der Waals surface area contributed by atoms with Gasteiger partial charge in [-0.3, -0.25) is 0 Å². The minimum absolute atomic E-state index is 0.228. The van der Waals surface area contributed by atoms with Gasteiger partial charge in [-0.15, -0.1) is 0 Å². The molecule has 1 aliphatic heterocycles. The largest absolute Gasteiger partial charge is 0.331 e. The first-order chi connectivity index (χ1) is 7.01. The van der Waals surface area contributed by atoms with Crippen LogP contribution in [0.4, 0.5) is 0 Å². The van der Waals surface area contributed by atoms with Gasteiger partial charge >= 0.3 is 0 Å². The van der Waals surface area contributed by atoms with E-state index in [1.807, 2.05) is 0 Å². The average molecular weight is 235 g/mol. The Bertz CT molecular complexity index is 282. The van der Waals surface area contributed by atoms with Crippen LogP contribution >= 0.6 is 0 Å². The Morgan fingerprint density at radius 1 is 1.27 bits per heavy atom. The fourth-order valence-corrected chi connectivity index (χ4v) is 3.12. The molecule has 1 fully saturated rings. The van der Waals surface area contributed by atoms with Crippen LogP contribution < -0.4 is 4.90 Å². The van der Waals surface area contributed by atoms with Gasteiger partial charge in [0.05, 0.1) is 38.0 Å². The molecule has 0 aliphatic carbocycles. The van der Waals surface area contributed by atoms with E-state index in [1.165, 1.54) is 0 Å². The molecule has 90 valence electrons. The predicted octanol–water partition coefficient (Wildman–Crippen LogP) is -0.665. The summed E-state index contributed by atoms with van der Waals surface area (Å²) in [6.07, 6.45) is 1.16. The lowest BCUT2D eigenvalue weighted by Crippen LogP contribution is -3.17. The van der Waals surface area contributed by atoms with Crippen molar-refractivity contribution in [3.05, 3.63) is 0 Å². The third kappa shape index (κ3) is 3.16. The molecule has 0 aromatic rings. The number of hydrogen-bond donors (Lipinski definition) is 1. The second-order valence-corrected chi connectivity index (χ2v) is 6.52. The summed E-state index contributed by atoms with van der Waals surface area (Å²) in [5.74, 6) is 0.228. The first-order valence-corrected chi connectivity index (χ1v) is 7.44. The van der Waals surface area contributed by atoms with E-state index in [-0.39, 0.29) is 5.75 Å². The van der Waals surface area contributed by atoms with Gasteiger partial charge in [0.15, 0.2) is 0 Å². The van der Waals surface area contributed by atoms with Crippen LogP contribution in [0, 0.1) is 0 Å². The van der Waals surface area contributed by atoms with Crippen molar-refractivity contribution in [3.8, 4) is 0 Å². The zero-order valence-electron chi connectivity index (χ0n) is 9.99. The molecule has 0 bridgehead atoms. The van der Waals surface area contributed by atoms with Crippen molar-refractivity contribution in [2.45, 2.75) is 33.2 Å². The summed E-state index contributed by atoms with van der Waals surface area (Å²) in [6.45, 7) is 9.42. The van der Waals surface area contributed by atoms with Crippen molar-refractivity contribution in [2.24, 2.45) is 0 Å². The van der Waals surface area contributed by atoms with E-state index in [0.717, 1.165) is 19.5 Å². The molecule has 0 radical (unpaired) electrons. The Kier molecular flexibility index (Phi) is 4.55. The highest BCUT2D eigenvalue weighted by molar-refractivity contribution is 7.89. The molecule has 0 spiro atoms. The Morgan fingerprint density at radius 2 is 1.80 bits per heavy atom. The van der Waals surface area contributed by atoms with E-state index in [4.69, 9.17) is 0 Å². The molecule has 0 amide bonds. The Hall–Kier alpha value is -0.130. The summed E-state index contributed by atoms with van der Waals surface area (Å²) in [5.41, 5.74) is 0. The van der Waals surface area contributed by atoms with Crippen molar-refractivity contribution < 1.29 is 13.3 Å². The van der Waals surface area contributed by atoms with Crippen LogP contribution in [0.5, 0.6) is 0 Å². The van der Waals surface area contributed by atoms with Gasteiger partial charge in [-0.2, -0.15) is 4.31 Å². The molecule has 0 saturated carbocycles. The van der Waals surface area contributed by atoms with Gasteiger partial charge in [0.1, 0.15) is 0 Å². The molecule has 0 aromatic heterocycles. The topological polar surface area (TPSA) is 41.8 Å². The van der Waals surface area contributed by atoms with Crippen molar-refractivity contribution in [3.63, 3.8) is 0 Å². The van der Waals surface area contributed by atoms with E-state index in [1.54, 1.807) is 16.1 Å². The van der Waals surface area contributed by atoms with Gasteiger partial charge < -0.3 is 4.90 Å². The van der Waals surface area contributed by atoms with Crippen molar-refractivity contribution in [1.29, 1.82) is 0 Å². The number of nitrogens with one attached hydrogen (secondary N) is 1. The number of sulfonamides is 1. The minimum atomic E-state index is -2.96. The van der Waals surface area contributed by atoms with E-state index in [2.05, 4.69) is 13.8 Å². The van der Waals surface area contributed by atoms with Gasteiger partial charge in [-0.25, -0.2) is 8.42 Å². The zero-order valence-corrected chi connectivity index (χ0v) is 10.8. The molecule has 1 N–H and O–H groups in total. The molecule has 1 atom stereocenters. The van der Waals surface area contributed by atoms with Crippen molar-refractivity contribution >= 4 is 10.0 Å². The SMILES string of the molecule is CC[C@H](C)[NH+]1CCN(S(=O)(=O)CC)CC1. The summed E-state index contributed by atoms with van der Waals surface area (Å²) in [7, 11) is -2.96. The maximum atomic E-state index is 11.6. The monoisotopic (exact) mass is 235 g/mol. The highest BCUT2D eigenvalue weighted by Gasteiger charge is 2.29. The van der Waals surface area contributed by atoms with Crippen LogP contribution in [0.3, 0.4) is 0 Å². The van der Waals surface area contributed by atoms with Gasteiger partial charge in [-0.1, -0.05) is 6.92 Å². The molecule has 5 heteroatoms. The zero-order chi connectivity index (χ0) is 11.5. The standard InChI is InChI=1S/C10H22N2O2S/c1-4-10(3)11-6-8-12(9-7-11)15(13,14)5-2/h10H,4-9H2,1-3H3/p+1/t10-/m0/s1. The maximum absolute atomic E-state index is 11.6. The molecule has 0 aromatic carbocycles. The molecule has 1 rings (SSSR count). The van der Waals surface area contributed by atoms with Crippen LogP contribution in [-0.2, 0) is 10.0 Å². The molecule has 0 unspecified atom stereocenters. The van der Waals surface area contributed by atoms with Gasteiger partial charge in [0, 0.05) is 0 Å². The van der Waals surface area contributed by atoms with E-state index >= 15 is 0 Å². The number of piperazine rings is 1. The second kappa shape index (κ2) is 5.27. The fourth-order valence-electron chi connectivity index (χ4n) is 2.02. The molecule has 1 heterocycles.